The average molecular weight is 457 g/mol. The van der Waals surface area contributed by atoms with Gasteiger partial charge in [-0.1, -0.05) is 42.5 Å². The molecule has 1 fully saturated rings. The van der Waals surface area contributed by atoms with Crippen molar-refractivity contribution >= 4 is 15.9 Å². The molecule has 1 heterocycles. The fourth-order valence-electron chi connectivity index (χ4n) is 4.49. The van der Waals surface area contributed by atoms with Gasteiger partial charge in [-0.2, -0.15) is 0 Å². The Morgan fingerprint density at radius 2 is 1.66 bits per heavy atom. The van der Waals surface area contributed by atoms with Crippen LogP contribution in [0.5, 0.6) is 0 Å². The third kappa shape index (κ3) is 6.20. The van der Waals surface area contributed by atoms with Crippen molar-refractivity contribution in [3.63, 3.8) is 0 Å². The summed E-state index contributed by atoms with van der Waals surface area (Å²) >= 11 is 0. The van der Waals surface area contributed by atoms with Gasteiger partial charge in [0.25, 0.3) is 0 Å². The van der Waals surface area contributed by atoms with Crippen molar-refractivity contribution < 1.29 is 13.2 Å². The van der Waals surface area contributed by atoms with Crippen LogP contribution in [-0.4, -0.2) is 37.5 Å². The van der Waals surface area contributed by atoms with E-state index in [2.05, 4.69) is 38.2 Å². The van der Waals surface area contributed by atoms with Gasteiger partial charge in [-0.15, -0.1) is 0 Å². The smallest absolute Gasteiger partial charge is 0.223 e. The van der Waals surface area contributed by atoms with E-state index in [1.54, 1.807) is 4.31 Å². The van der Waals surface area contributed by atoms with Crippen molar-refractivity contribution in [2.24, 2.45) is 5.92 Å². The van der Waals surface area contributed by atoms with E-state index < -0.39 is 10.0 Å². The molecule has 1 amide bonds. The zero-order valence-corrected chi connectivity index (χ0v) is 20.5. The van der Waals surface area contributed by atoms with E-state index in [1.165, 1.54) is 16.7 Å². The van der Waals surface area contributed by atoms with Crippen molar-refractivity contribution in [3.05, 3.63) is 70.3 Å². The Morgan fingerprint density at radius 1 is 1.03 bits per heavy atom. The van der Waals surface area contributed by atoms with Crippen LogP contribution in [0, 0.1) is 26.7 Å². The summed E-state index contributed by atoms with van der Waals surface area (Å²) in [6, 6.07) is 14.2. The summed E-state index contributed by atoms with van der Waals surface area (Å²) in [6.45, 7) is 9.11. The second-order valence-corrected chi connectivity index (χ2v) is 11.2. The Bertz CT molecular complexity index is 1030. The van der Waals surface area contributed by atoms with Gasteiger partial charge in [-0.05, 0) is 81.2 Å². The monoisotopic (exact) mass is 456 g/mol. The molecule has 0 saturated carbocycles. The number of aryl methyl sites for hydroxylation is 4. The standard InChI is InChI=1S/C26H36N2O3S/c1-19-17-21(3)25(18-20(19)2)22(4)27-26(29)24-12-14-28(15-13-24)32(30,31)16-8-11-23-9-6-5-7-10-23/h5-7,9-10,17-18,22,24H,8,11-16H2,1-4H3,(H,27,29)/t22-/m1/s1. The van der Waals surface area contributed by atoms with E-state index >= 15 is 0 Å². The molecule has 0 aromatic heterocycles. The van der Waals surface area contributed by atoms with E-state index in [4.69, 9.17) is 0 Å². The second kappa shape index (κ2) is 10.6. The van der Waals surface area contributed by atoms with E-state index in [1.807, 2.05) is 37.3 Å². The molecule has 32 heavy (non-hydrogen) atoms. The van der Waals surface area contributed by atoms with Crippen LogP contribution >= 0.6 is 0 Å². The number of piperidine rings is 1. The van der Waals surface area contributed by atoms with Gasteiger partial charge in [0.05, 0.1) is 11.8 Å². The molecule has 2 aromatic rings. The predicted molar refractivity (Wildman–Crippen MR) is 130 cm³/mol. The van der Waals surface area contributed by atoms with E-state index in [9.17, 15) is 13.2 Å². The number of benzene rings is 2. The minimum atomic E-state index is -3.28. The fraction of sp³-hybridized carbons (Fsp3) is 0.500. The number of nitrogens with one attached hydrogen (secondary N) is 1. The van der Waals surface area contributed by atoms with Gasteiger partial charge >= 0.3 is 0 Å². The highest BCUT2D eigenvalue weighted by Crippen LogP contribution is 2.25. The van der Waals surface area contributed by atoms with E-state index in [0.29, 0.717) is 32.4 Å². The van der Waals surface area contributed by atoms with Gasteiger partial charge in [0, 0.05) is 19.0 Å². The molecule has 1 saturated heterocycles. The van der Waals surface area contributed by atoms with Gasteiger partial charge in [-0.3, -0.25) is 4.79 Å². The highest BCUT2D eigenvalue weighted by atomic mass is 32.2. The number of hydrogen-bond donors (Lipinski definition) is 1. The van der Waals surface area contributed by atoms with E-state index in [-0.39, 0.29) is 23.6 Å². The summed E-state index contributed by atoms with van der Waals surface area (Å²) in [5.74, 6) is 0.0401. The molecule has 174 valence electrons. The third-order valence-electron chi connectivity index (χ3n) is 6.64. The largest absolute Gasteiger partial charge is 0.349 e. The summed E-state index contributed by atoms with van der Waals surface area (Å²) in [7, 11) is -3.28. The lowest BCUT2D eigenvalue weighted by molar-refractivity contribution is -0.126. The number of rotatable bonds is 8. The number of sulfonamides is 1. The summed E-state index contributed by atoms with van der Waals surface area (Å²) in [5, 5.41) is 3.15. The number of carbonyl (C=O) groups excluding carboxylic acids is 1. The molecular formula is C26H36N2O3S. The molecule has 1 aliphatic heterocycles. The minimum absolute atomic E-state index is 0.0243. The summed E-state index contributed by atoms with van der Waals surface area (Å²) in [6.07, 6.45) is 2.51. The summed E-state index contributed by atoms with van der Waals surface area (Å²) in [4.78, 5) is 12.9. The number of hydrogen-bond acceptors (Lipinski definition) is 3. The van der Waals surface area contributed by atoms with Crippen molar-refractivity contribution in [2.75, 3.05) is 18.8 Å². The van der Waals surface area contributed by atoms with Crippen molar-refractivity contribution in [3.8, 4) is 0 Å². The topological polar surface area (TPSA) is 66.5 Å². The van der Waals surface area contributed by atoms with Crippen LogP contribution in [0.25, 0.3) is 0 Å². The molecule has 6 heteroatoms. The lowest BCUT2D eigenvalue weighted by atomic mass is 9.94. The molecule has 0 radical (unpaired) electrons. The molecule has 0 bridgehead atoms. The number of nitrogens with zero attached hydrogens (tertiary/aromatic N) is 1. The Labute approximate surface area is 193 Å². The predicted octanol–water partition coefficient (Wildman–Crippen LogP) is 4.46. The van der Waals surface area contributed by atoms with Crippen LogP contribution in [0.4, 0.5) is 0 Å². The molecule has 5 nitrogen and oxygen atoms in total. The molecule has 3 rings (SSSR count). The zero-order chi connectivity index (χ0) is 23.3. The highest BCUT2D eigenvalue weighted by Gasteiger charge is 2.31. The van der Waals surface area contributed by atoms with Gasteiger partial charge < -0.3 is 5.32 Å². The maximum Gasteiger partial charge on any atom is 0.223 e. The first-order chi connectivity index (χ1) is 15.2. The van der Waals surface area contributed by atoms with Crippen LogP contribution in [0.2, 0.25) is 0 Å². The maximum absolute atomic E-state index is 12.9. The Morgan fingerprint density at radius 3 is 2.31 bits per heavy atom. The number of amides is 1. The average Bonchev–Trinajstić information content (AvgIpc) is 2.77. The molecule has 1 N–H and O–H groups in total. The lowest BCUT2D eigenvalue weighted by Crippen LogP contribution is -2.44. The van der Waals surface area contributed by atoms with Crippen LogP contribution in [0.1, 0.15) is 60.0 Å². The second-order valence-electron chi connectivity index (χ2n) is 9.10. The first-order valence-electron chi connectivity index (χ1n) is 11.6. The molecule has 1 atom stereocenters. The molecule has 0 aliphatic carbocycles. The lowest BCUT2D eigenvalue weighted by Gasteiger charge is -2.31. The van der Waals surface area contributed by atoms with Crippen LogP contribution in [0.3, 0.4) is 0 Å². The molecule has 0 unspecified atom stereocenters. The Kier molecular flexibility index (Phi) is 8.12. The first-order valence-corrected chi connectivity index (χ1v) is 13.2. The van der Waals surface area contributed by atoms with Crippen LogP contribution in [-0.2, 0) is 21.2 Å². The molecule has 2 aromatic carbocycles. The van der Waals surface area contributed by atoms with Gasteiger partial charge in [-0.25, -0.2) is 12.7 Å². The zero-order valence-electron chi connectivity index (χ0n) is 19.7. The Balaban J connectivity index is 1.49. The van der Waals surface area contributed by atoms with Crippen LogP contribution in [0.15, 0.2) is 42.5 Å². The van der Waals surface area contributed by atoms with Crippen molar-refractivity contribution in [2.45, 2.75) is 59.4 Å². The van der Waals surface area contributed by atoms with Crippen LogP contribution < -0.4 is 5.32 Å². The third-order valence-corrected chi connectivity index (χ3v) is 8.59. The number of carbonyl (C=O) groups is 1. The molecule has 1 aliphatic rings. The minimum Gasteiger partial charge on any atom is -0.349 e. The molecular weight excluding hydrogens is 420 g/mol. The summed E-state index contributed by atoms with van der Waals surface area (Å²) < 4.78 is 27.0. The maximum atomic E-state index is 12.9. The van der Waals surface area contributed by atoms with E-state index in [0.717, 1.165) is 17.5 Å². The quantitative estimate of drug-likeness (QED) is 0.638. The van der Waals surface area contributed by atoms with Gasteiger partial charge in [0.1, 0.15) is 0 Å². The molecule has 0 spiro atoms. The summed E-state index contributed by atoms with van der Waals surface area (Å²) in [5.41, 5.74) is 5.95. The van der Waals surface area contributed by atoms with Gasteiger partial charge in [0.15, 0.2) is 0 Å². The fourth-order valence-corrected chi connectivity index (χ4v) is 6.02. The first kappa shape index (κ1) is 24.5. The SMILES string of the molecule is Cc1cc(C)c([C@@H](C)NC(=O)C2CCN(S(=O)(=O)CCCc3ccccc3)CC2)cc1C. The van der Waals surface area contributed by atoms with Crippen molar-refractivity contribution in [1.82, 2.24) is 9.62 Å². The van der Waals surface area contributed by atoms with Crippen molar-refractivity contribution in [1.29, 1.82) is 0 Å². The Hall–Kier alpha value is -2.18. The highest BCUT2D eigenvalue weighted by molar-refractivity contribution is 7.89. The normalized spacial score (nSPS) is 16.6. The van der Waals surface area contributed by atoms with Gasteiger partial charge in [0.2, 0.25) is 15.9 Å².